The molecule has 9 rings (SSSR count). The second-order valence-electron chi connectivity index (χ2n) is 16.9. The zero-order valence-corrected chi connectivity index (χ0v) is 34.9. The van der Waals surface area contributed by atoms with E-state index in [0.29, 0.717) is 46.5 Å². The smallest absolute Gasteiger partial charge is 0.293 e. The summed E-state index contributed by atoms with van der Waals surface area (Å²) in [7, 11) is 5.13. The topological polar surface area (TPSA) is 172 Å². The van der Waals surface area contributed by atoms with Crippen molar-refractivity contribution in [2.75, 3.05) is 74.6 Å². The van der Waals surface area contributed by atoms with E-state index in [1.54, 1.807) is 19.3 Å². The Kier molecular flexibility index (Phi) is 10.6. The van der Waals surface area contributed by atoms with Crippen LogP contribution in [0.1, 0.15) is 50.1 Å². The fourth-order valence-electron chi connectivity index (χ4n) is 9.61. The normalized spacial score (nSPS) is 19.8. The predicted molar refractivity (Wildman–Crippen MR) is 230 cm³/mol. The monoisotopic (exact) mass is 835 g/mol. The van der Waals surface area contributed by atoms with Crippen LogP contribution in [0.3, 0.4) is 0 Å². The van der Waals surface area contributed by atoms with E-state index >= 15 is 0 Å². The first kappa shape index (κ1) is 39.7. The summed E-state index contributed by atoms with van der Waals surface area (Å²) in [6, 6.07) is 13.5. The molecule has 5 aromatic rings. The molecule has 6 heterocycles. The summed E-state index contributed by atoms with van der Waals surface area (Å²) in [5.41, 5.74) is 4.44. The Morgan fingerprint density at radius 3 is 2.53 bits per heavy atom. The molecule has 1 aliphatic carbocycles. The summed E-state index contributed by atoms with van der Waals surface area (Å²) in [5, 5.41) is 15.3. The number of piperidine rings is 1. The van der Waals surface area contributed by atoms with Crippen LogP contribution >= 0.6 is 11.6 Å². The van der Waals surface area contributed by atoms with Crippen molar-refractivity contribution >= 4 is 74.3 Å². The Morgan fingerprint density at radius 2 is 1.78 bits per heavy atom. The number of piperazine rings is 1. The minimum Gasteiger partial charge on any atom is -0.478 e. The number of ether oxygens (including phenoxy) is 1. The number of imide groups is 1. The molecule has 4 fully saturated rings. The molecule has 4 aliphatic rings. The lowest BCUT2D eigenvalue weighted by molar-refractivity contribution is -0.134. The van der Waals surface area contributed by atoms with Gasteiger partial charge < -0.3 is 29.7 Å². The molecule has 16 nitrogen and oxygen atoms in total. The molecule has 3 saturated heterocycles. The number of fused-ring (bicyclic) bond motifs is 2. The van der Waals surface area contributed by atoms with E-state index in [4.69, 9.17) is 26.4 Å². The molecule has 314 valence electrons. The van der Waals surface area contributed by atoms with Crippen molar-refractivity contribution in [2.24, 2.45) is 25.4 Å². The zero-order valence-electron chi connectivity index (χ0n) is 34.2. The van der Waals surface area contributed by atoms with Gasteiger partial charge in [0.05, 0.1) is 34.5 Å². The number of carbonyl (C=O) groups is 3. The standard InChI is InChI=1S/C43H50ClN11O5/c1-45-36(57)23-60-34-20-27-19-28(7-9-32(27)51(2)41(34)59)47-39-31(44)21-46-42(49-39)54-17-15-53(16-18-54)22-26-11-13-43(14-12-26)24-55(25-43)33-6-4-5-29-37(50-52(3)38(29)33)30-8-10-35(56)48-40(30)58/h4-7,9,19-21,26,30H,8,10-18,22-25H2,1-3H3,(H,45,57)(H,46,47,49)(H,48,56,58). The highest BCUT2D eigenvalue weighted by molar-refractivity contribution is 6.33. The van der Waals surface area contributed by atoms with Gasteiger partial charge >= 0.3 is 0 Å². The number of rotatable bonds is 10. The minimum absolute atomic E-state index is 0.0888. The van der Waals surface area contributed by atoms with Gasteiger partial charge in [-0.05, 0) is 68.4 Å². The molecule has 60 heavy (non-hydrogen) atoms. The van der Waals surface area contributed by atoms with E-state index in [9.17, 15) is 19.2 Å². The lowest BCUT2D eigenvalue weighted by Gasteiger charge is -2.55. The quantitative estimate of drug-likeness (QED) is 0.173. The molecule has 3 N–H and O–H groups in total. The Bertz CT molecular complexity index is 2550. The van der Waals surface area contributed by atoms with Crippen LogP contribution in [-0.2, 0) is 28.5 Å². The average molecular weight is 836 g/mol. The zero-order chi connectivity index (χ0) is 41.7. The SMILES string of the molecule is CNC(=O)COc1cc2cc(Nc3nc(N4CCN(CC5CCC6(CC5)CN(c5cccc7c(C8CCC(=O)NC8=O)nn(C)c57)C6)CC4)ncc3Cl)ccc2n(C)c1=O. The molecule has 2 aromatic carbocycles. The third kappa shape index (κ3) is 7.62. The molecule has 17 heteroatoms. The molecular weight excluding hydrogens is 786 g/mol. The van der Waals surface area contributed by atoms with Gasteiger partial charge in [-0.1, -0.05) is 23.7 Å². The number of aromatic nitrogens is 5. The van der Waals surface area contributed by atoms with Crippen LogP contribution in [0.25, 0.3) is 21.8 Å². The van der Waals surface area contributed by atoms with Gasteiger partial charge in [0.2, 0.25) is 17.8 Å². The molecule has 3 aromatic heterocycles. The van der Waals surface area contributed by atoms with Gasteiger partial charge in [-0.2, -0.15) is 10.1 Å². The molecule has 3 aliphatic heterocycles. The van der Waals surface area contributed by atoms with Crippen LogP contribution in [0.4, 0.5) is 23.1 Å². The first-order chi connectivity index (χ1) is 29.0. The second-order valence-corrected chi connectivity index (χ2v) is 17.3. The molecule has 3 amide bonds. The van der Waals surface area contributed by atoms with Crippen LogP contribution in [0.2, 0.25) is 5.02 Å². The summed E-state index contributed by atoms with van der Waals surface area (Å²) in [5.74, 6) is 0.678. The maximum Gasteiger partial charge on any atom is 0.293 e. The number of benzene rings is 2. The number of hydrogen-bond acceptors (Lipinski definition) is 12. The van der Waals surface area contributed by atoms with Gasteiger partial charge in [0, 0.05) is 95.3 Å². The van der Waals surface area contributed by atoms with Gasteiger partial charge in [0.15, 0.2) is 18.2 Å². The summed E-state index contributed by atoms with van der Waals surface area (Å²) in [4.78, 5) is 65.7. The number of anilines is 4. The number of halogens is 1. The molecule has 1 unspecified atom stereocenters. The van der Waals surface area contributed by atoms with E-state index in [1.165, 1.54) is 43.0 Å². The fraction of sp³-hybridized carbons (Fsp3) is 0.465. The maximum atomic E-state index is 12.8. The number of likely N-dealkylation sites (N-methyl/N-ethyl adjacent to an activating group) is 1. The van der Waals surface area contributed by atoms with Crippen LogP contribution in [-0.4, -0.2) is 106 Å². The Labute approximate surface area is 352 Å². The van der Waals surface area contributed by atoms with E-state index in [1.807, 2.05) is 29.9 Å². The predicted octanol–water partition coefficient (Wildman–Crippen LogP) is 4.08. The average Bonchev–Trinajstić information content (AvgIpc) is 3.58. The minimum atomic E-state index is -0.409. The highest BCUT2D eigenvalue weighted by atomic mass is 35.5. The highest BCUT2D eigenvalue weighted by Gasteiger charge is 2.46. The van der Waals surface area contributed by atoms with Gasteiger partial charge in [-0.25, -0.2) is 4.98 Å². The molecule has 1 spiro atoms. The molecular formula is C43H50ClN11O5. The molecule has 1 saturated carbocycles. The van der Waals surface area contributed by atoms with Crippen molar-refractivity contribution in [1.29, 1.82) is 0 Å². The largest absolute Gasteiger partial charge is 0.478 e. The maximum absolute atomic E-state index is 12.8. The third-order valence-electron chi connectivity index (χ3n) is 13.0. The van der Waals surface area contributed by atoms with Gasteiger partial charge in [-0.15, -0.1) is 0 Å². The van der Waals surface area contributed by atoms with Crippen molar-refractivity contribution in [1.82, 2.24) is 39.8 Å². The van der Waals surface area contributed by atoms with E-state index < -0.39 is 5.92 Å². The van der Waals surface area contributed by atoms with Crippen LogP contribution in [0.15, 0.2) is 53.5 Å². The van der Waals surface area contributed by atoms with E-state index in [0.717, 1.165) is 73.5 Å². The van der Waals surface area contributed by atoms with Crippen molar-refractivity contribution in [2.45, 2.75) is 44.4 Å². The number of carbonyl (C=O) groups excluding carboxylic acids is 3. The fourth-order valence-corrected chi connectivity index (χ4v) is 9.75. The summed E-state index contributed by atoms with van der Waals surface area (Å²) in [6.45, 7) is 6.43. The van der Waals surface area contributed by atoms with Crippen molar-refractivity contribution < 1.29 is 19.1 Å². The Morgan fingerprint density at radius 1 is 1.00 bits per heavy atom. The number of nitrogens with zero attached hydrogens (tertiary/aromatic N) is 8. The van der Waals surface area contributed by atoms with E-state index in [-0.39, 0.29) is 35.6 Å². The van der Waals surface area contributed by atoms with Crippen molar-refractivity contribution in [3.8, 4) is 5.75 Å². The van der Waals surface area contributed by atoms with Gasteiger partial charge in [0.25, 0.3) is 11.5 Å². The summed E-state index contributed by atoms with van der Waals surface area (Å²) in [6.07, 6.45) is 7.37. The Hall–Kier alpha value is -5.74. The molecule has 1 atom stereocenters. The number of nitrogens with one attached hydrogen (secondary N) is 3. The number of pyridine rings is 1. The van der Waals surface area contributed by atoms with Crippen molar-refractivity contribution in [3.63, 3.8) is 0 Å². The number of para-hydroxylation sites is 1. The molecule has 0 bridgehead atoms. The third-order valence-corrected chi connectivity index (χ3v) is 13.3. The first-order valence-electron chi connectivity index (χ1n) is 20.8. The number of amides is 3. The highest BCUT2D eigenvalue weighted by Crippen LogP contribution is 2.48. The van der Waals surface area contributed by atoms with Crippen LogP contribution < -0.4 is 36.0 Å². The van der Waals surface area contributed by atoms with Gasteiger partial charge in [0.1, 0.15) is 5.02 Å². The second kappa shape index (κ2) is 16.0. The van der Waals surface area contributed by atoms with E-state index in [2.05, 4.69) is 53.8 Å². The number of hydrogen-bond donors (Lipinski definition) is 3. The molecule has 0 radical (unpaired) electrons. The van der Waals surface area contributed by atoms with Crippen molar-refractivity contribution in [3.05, 3.63) is 69.7 Å². The summed E-state index contributed by atoms with van der Waals surface area (Å²) < 4.78 is 8.92. The first-order valence-corrected chi connectivity index (χ1v) is 21.1. The summed E-state index contributed by atoms with van der Waals surface area (Å²) >= 11 is 6.59. The Balaban J connectivity index is 0.775. The lowest BCUT2D eigenvalue weighted by atomic mass is 9.65. The van der Waals surface area contributed by atoms with Crippen LogP contribution in [0, 0.1) is 11.3 Å². The lowest BCUT2D eigenvalue weighted by Crippen LogP contribution is -2.58. The van der Waals surface area contributed by atoms with Gasteiger partial charge in [-0.3, -0.25) is 34.1 Å². The van der Waals surface area contributed by atoms with Crippen LogP contribution in [0.5, 0.6) is 5.75 Å². The number of aryl methyl sites for hydroxylation is 2.